The van der Waals surface area contributed by atoms with Crippen molar-refractivity contribution in [3.8, 4) is 0 Å². The Labute approximate surface area is 123 Å². The minimum atomic E-state index is -0.430. The van der Waals surface area contributed by atoms with Crippen molar-refractivity contribution in [2.24, 2.45) is 5.41 Å². The summed E-state index contributed by atoms with van der Waals surface area (Å²) in [7, 11) is 0. The zero-order valence-corrected chi connectivity index (χ0v) is 12.0. The zero-order chi connectivity index (χ0) is 13.9. The summed E-state index contributed by atoms with van der Waals surface area (Å²) in [4.78, 5) is 22.5. The highest BCUT2D eigenvalue weighted by Gasteiger charge is 2.36. The number of benzene rings is 1. The third-order valence-electron chi connectivity index (χ3n) is 3.54. The fourth-order valence-corrected chi connectivity index (χ4v) is 2.24. The van der Waals surface area contributed by atoms with Crippen LogP contribution < -0.4 is 10.6 Å². The molecule has 1 fully saturated rings. The first-order chi connectivity index (χ1) is 9.03. The van der Waals surface area contributed by atoms with E-state index in [4.69, 9.17) is 0 Å². The van der Waals surface area contributed by atoms with Crippen molar-refractivity contribution in [3.63, 3.8) is 0 Å². The summed E-state index contributed by atoms with van der Waals surface area (Å²) in [6.45, 7) is 3.57. The summed E-state index contributed by atoms with van der Waals surface area (Å²) in [5, 5.41) is 16.8. The molecule has 2 rings (SSSR count). The molecule has 0 saturated carbocycles. The number of hydrogen-bond donors (Lipinski definition) is 2. The Morgan fingerprint density at radius 3 is 2.80 bits per heavy atom. The van der Waals surface area contributed by atoms with Gasteiger partial charge in [-0.25, -0.2) is 0 Å². The van der Waals surface area contributed by atoms with E-state index in [0.717, 1.165) is 13.0 Å². The second-order valence-corrected chi connectivity index (χ2v) is 5.06. The lowest BCUT2D eigenvalue weighted by Gasteiger charge is -2.21. The third-order valence-corrected chi connectivity index (χ3v) is 3.54. The van der Waals surface area contributed by atoms with Gasteiger partial charge in [-0.1, -0.05) is 18.2 Å². The van der Waals surface area contributed by atoms with E-state index in [0.29, 0.717) is 12.1 Å². The van der Waals surface area contributed by atoms with Crippen molar-refractivity contribution >= 4 is 24.0 Å². The minimum absolute atomic E-state index is 0. The van der Waals surface area contributed by atoms with Gasteiger partial charge in [-0.05, 0) is 19.9 Å². The SMILES string of the molecule is CC1(C(=O)NCc2ccccc2[N+](=O)[O-])CCNC1.Cl. The van der Waals surface area contributed by atoms with E-state index in [1.165, 1.54) is 6.07 Å². The van der Waals surface area contributed by atoms with E-state index in [1.54, 1.807) is 18.2 Å². The van der Waals surface area contributed by atoms with E-state index in [-0.39, 0.29) is 30.5 Å². The first-order valence-electron chi connectivity index (χ1n) is 6.24. The molecule has 1 amide bonds. The Bertz CT molecular complexity index is 501. The molecule has 1 saturated heterocycles. The van der Waals surface area contributed by atoms with Crippen LogP contribution in [0.1, 0.15) is 18.9 Å². The van der Waals surface area contributed by atoms with Crippen molar-refractivity contribution in [2.45, 2.75) is 19.9 Å². The van der Waals surface area contributed by atoms with Crippen LogP contribution >= 0.6 is 12.4 Å². The van der Waals surface area contributed by atoms with Crippen LogP contribution in [0.3, 0.4) is 0 Å². The lowest BCUT2D eigenvalue weighted by atomic mass is 9.89. The van der Waals surface area contributed by atoms with Gasteiger partial charge in [-0.15, -0.1) is 12.4 Å². The van der Waals surface area contributed by atoms with Crippen LogP contribution in [-0.4, -0.2) is 23.9 Å². The molecule has 110 valence electrons. The van der Waals surface area contributed by atoms with Crippen molar-refractivity contribution in [3.05, 3.63) is 39.9 Å². The van der Waals surface area contributed by atoms with Crippen molar-refractivity contribution in [2.75, 3.05) is 13.1 Å². The molecular weight excluding hydrogens is 282 g/mol. The fraction of sp³-hybridized carbons (Fsp3) is 0.462. The Hall–Kier alpha value is -1.66. The predicted octanol–water partition coefficient (Wildman–Crippen LogP) is 1.63. The summed E-state index contributed by atoms with van der Waals surface area (Å²) in [5.41, 5.74) is 0.150. The van der Waals surface area contributed by atoms with E-state index < -0.39 is 10.3 Å². The van der Waals surface area contributed by atoms with Gasteiger partial charge in [-0.3, -0.25) is 14.9 Å². The summed E-state index contributed by atoms with van der Waals surface area (Å²) >= 11 is 0. The molecule has 1 aromatic carbocycles. The predicted molar refractivity (Wildman–Crippen MR) is 77.8 cm³/mol. The number of para-hydroxylation sites is 1. The highest BCUT2D eigenvalue weighted by atomic mass is 35.5. The van der Waals surface area contributed by atoms with Crippen LogP contribution in [0, 0.1) is 15.5 Å². The highest BCUT2D eigenvalue weighted by molar-refractivity contribution is 5.85. The molecule has 0 aliphatic carbocycles. The molecule has 1 aliphatic rings. The number of carbonyl (C=O) groups is 1. The molecule has 0 radical (unpaired) electrons. The number of nitro groups is 1. The van der Waals surface area contributed by atoms with Gasteiger partial charge >= 0.3 is 0 Å². The molecular formula is C13H18ClN3O3. The Kier molecular flexibility index (Phi) is 5.47. The smallest absolute Gasteiger partial charge is 0.274 e. The van der Waals surface area contributed by atoms with E-state index in [1.807, 2.05) is 6.92 Å². The highest BCUT2D eigenvalue weighted by Crippen LogP contribution is 2.25. The van der Waals surface area contributed by atoms with Gasteiger partial charge in [0.25, 0.3) is 5.69 Å². The summed E-state index contributed by atoms with van der Waals surface area (Å²) in [5.74, 6) is -0.0596. The number of rotatable bonds is 4. The van der Waals surface area contributed by atoms with Crippen LogP contribution in [0.5, 0.6) is 0 Å². The monoisotopic (exact) mass is 299 g/mol. The quantitative estimate of drug-likeness (QED) is 0.654. The van der Waals surface area contributed by atoms with Gasteiger partial charge in [0.05, 0.1) is 10.3 Å². The maximum Gasteiger partial charge on any atom is 0.274 e. The maximum absolute atomic E-state index is 12.1. The largest absolute Gasteiger partial charge is 0.351 e. The second kappa shape index (κ2) is 6.67. The third kappa shape index (κ3) is 3.46. The standard InChI is InChI=1S/C13H17N3O3.ClH/c1-13(6-7-14-9-13)12(17)15-8-10-4-2-3-5-11(10)16(18)19;/h2-5,14H,6-9H2,1H3,(H,15,17);1H. The molecule has 0 aromatic heterocycles. The first kappa shape index (κ1) is 16.4. The number of carbonyl (C=O) groups excluding carboxylic acids is 1. The topological polar surface area (TPSA) is 84.3 Å². The molecule has 20 heavy (non-hydrogen) atoms. The van der Waals surface area contributed by atoms with Gasteiger partial charge in [0.15, 0.2) is 0 Å². The number of nitro benzene ring substituents is 1. The van der Waals surface area contributed by atoms with Crippen molar-refractivity contribution < 1.29 is 9.72 Å². The lowest BCUT2D eigenvalue weighted by Crippen LogP contribution is -2.40. The lowest BCUT2D eigenvalue weighted by molar-refractivity contribution is -0.385. The van der Waals surface area contributed by atoms with Crippen molar-refractivity contribution in [1.82, 2.24) is 10.6 Å². The van der Waals surface area contributed by atoms with E-state index in [9.17, 15) is 14.9 Å². The molecule has 1 heterocycles. The summed E-state index contributed by atoms with van der Waals surface area (Å²) in [6, 6.07) is 6.45. The van der Waals surface area contributed by atoms with Gasteiger partial charge in [0.2, 0.25) is 5.91 Å². The molecule has 1 aromatic rings. The molecule has 0 spiro atoms. The number of nitrogens with one attached hydrogen (secondary N) is 2. The zero-order valence-electron chi connectivity index (χ0n) is 11.2. The first-order valence-corrected chi connectivity index (χ1v) is 6.24. The number of nitrogens with zero attached hydrogens (tertiary/aromatic N) is 1. The summed E-state index contributed by atoms with van der Waals surface area (Å²) in [6.07, 6.45) is 0.787. The van der Waals surface area contributed by atoms with Crippen LogP contribution in [-0.2, 0) is 11.3 Å². The van der Waals surface area contributed by atoms with Crippen LogP contribution in [0.2, 0.25) is 0 Å². The Morgan fingerprint density at radius 2 is 2.20 bits per heavy atom. The van der Waals surface area contributed by atoms with Gasteiger partial charge < -0.3 is 10.6 Å². The second-order valence-electron chi connectivity index (χ2n) is 5.06. The Balaban J connectivity index is 0.00000200. The molecule has 1 atom stereocenters. The Morgan fingerprint density at radius 1 is 1.50 bits per heavy atom. The summed E-state index contributed by atoms with van der Waals surface area (Å²) < 4.78 is 0. The van der Waals surface area contributed by atoms with Gasteiger partial charge in [0.1, 0.15) is 0 Å². The number of halogens is 1. The normalized spacial score (nSPS) is 21.1. The van der Waals surface area contributed by atoms with Crippen LogP contribution in [0.25, 0.3) is 0 Å². The number of amides is 1. The molecule has 2 N–H and O–H groups in total. The average molecular weight is 300 g/mol. The molecule has 0 bridgehead atoms. The van der Waals surface area contributed by atoms with Gasteiger partial charge in [-0.2, -0.15) is 0 Å². The average Bonchev–Trinajstić information content (AvgIpc) is 2.84. The molecule has 1 unspecified atom stereocenters. The molecule has 7 heteroatoms. The fourth-order valence-electron chi connectivity index (χ4n) is 2.24. The van der Waals surface area contributed by atoms with Crippen LogP contribution in [0.15, 0.2) is 24.3 Å². The minimum Gasteiger partial charge on any atom is -0.351 e. The molecule has 1 aliphatic heterocycles. The number of hydrogen-bond acceptors (Lipinski definition) is 4. The van der Waals surface area contributed by atoms with Crippen LogP contribution in [0.4, 0.5) is 5.69 Å². The maximum atomic E-state index is 12.1. The molecule has 6 nitrogen and oxygen atoms in total. The van der Waals surface area contributed by atoms with Crippen molar-refractivity contribution in [1.29, 1.82) is 0 Å². The van der Waals surface area contributed by atoms with E-state index >= 15 is 0 Å². The van der Waals surface area contributed by atoms with E-state index in [2.05, 4.69) is 10.6 Å². The van der Waals surface area contributed by atoms with Gasteiger partial charge in [0, 0.05) is 24.7 Å².